The Bertz CT molecular complexity index is 805. The summed E-state index contributed by atoms with van der Waals surface area (Å²) >= 11 is 0. The summed E-state index contributed by atoms with van der Waals surface area (Å²) in [6.07, 6.45) is -0.686. The van der Waals surface area contributed by atoms with Gasteiger partial charge in [-0.15, -0.1) is 0 Å². The molecule has 0 unspecified atom stereocenters. The van der Waals surface area contributed by atoms with E-state index in [0.29, 0.717) is 25.3 Å². The standard InChI is InChI=1S/C20H24F3N5O/c21-20(22,23)15-8-9-18(26-14-15)24-10-5-11-25-19(29)27-16-6-1-2-7-17(16)28-12-3-4-13-28/h1-2,6-9,14H,3-5,10-13H2,(H,24,26)(H2,25,27,29). The van der Waals surface area contributed by atoms with Crippen molar-refractivity contribution in [3.05, 3.63) is 48.2 Å². The number of aromatic nitrogens is 1. The fraction of sp³-hybridized carbons (Fsp3) is 0.400. The summed E-state index contributed by atoms with van der Waals surface area (Å²) in [4.78, 5) is 18.2. The number of carbonyl (C=O) groups excluding carboxylic acids is 1. The summed E-state index contributed by atoms with van der Waals surface area (Å²) < 4.78 is 37.5. The van der Waals surface area contributed by atoms with E-state index in [1.807, 2.05) is 24.3 Å². The number of urea groups is 1. The molecule has 6 nitrogen and oxygen atoms in total. The van der Waals surface area contributed by atoms with Gasteiger partial charge in [-0.1, -0.05) is 12.1 Å². The molecule has 0 radical (unpaired) electrons. The first-order valence-corrected chi connectivity index (χ1v) is 9.59. The number of pyridine rings is 1. The van der Waals surface area contributed by atoms with Gasteiger partial charge < -0.3 is 20.9 Å². The van der Waals surface area contributed by atoms with Gasteiger partial charge in [-0.25, -0.2) is 9.78 Å². The lowest BCUT2D eigenvalue weighted by Gasteiger charge is -2.21. The molecule has 1 aromatic heterocycles. The van der Waals surface area contributed by atoms with Gasteiger partial charge in [-0.2, -0.15) is 13.2 Å². The van der Waals surface area contributed by atoms with Gasteiger partial charge in [0.1, 0.15) is 5.82 Å². The third-order valence-electron chi connectivity index (χ3n) is 4.64. The maximum absolute atomic E-state index is 12.5. The molecule has 1 aliphatic heterocycles. The van der Waals surface area contributed by atoms with E-state index < -0.39 is 11.7 Å². The van der Waals surface area contributed by atoms with Crippen molar-refractivity contribution in [2.24, 2.45) is 0 Å². The number of benzene rings is 1. The lowest BCUT2D eigenvalue weighted by molar-refractivity contribution is -0.137. The van der Waals surface area contributed by atoms with Crippen molar-refractivity contribution in [2.45, 2.75) is 25.4 Å². The van der Waals surface area contributed by atoms with Crippen LogP contribution < -0.4 is 20.9 Å². The van der Waals surface area contributed by atoms with Crippen LogP contribution in [0.25, 0.3) is 0 Å². The van der Waals surface area contributed by atoms with Crippen LogP contribution in [0.4, 0.5) is 35.2 Å². The van der Waals surface area contributed by atoms with Crippen molar-refractivity contribution < 1.29 is 18.0 Å². The summed E-state index contributed by atoms with van der Waals surface area (Å²) in [6.45, 7) is 2.88. The molecule has 1 fully saturated rings. The Morgan fingerprint density at radius 2 is 1.83 bits per heavy atom. The summed E-state index contributed by atoms with van der Waals surface area (Å²) in [5, 5.41) is 8.61. The highest BCUT2D eigenvalue weighted by Crippen LogP contribution is 2.29. The van der Waals surface area contributed by atoms with E-state index in [4.69, 9.17) is 0 Å². The molecule has 2 heterocycles. The van der Waals surface area contributed by atoms with Gasteiger partial charge in [0.15, 0.2) is 0 Å². The Kier molecular flexibility index (Phi) is 6.79. The van der Waals surface area contributed by atoms with Gasteiger partial charge in [0.25, 0.3) is 0 Å². The number of carbonyl (C=O) groups is 1. The van der Waals surface area contributed by atoms with Gasteiger partial charge >= 0.3 is 12.2 Å². The third kappa shape index (κ3) is 6.00. The van der Waals surface area contributed by atoms with Crippen LogP contribution in [0.2, 0.25) is 0 Å². The topological polar surface area (TPSA) is 69.3 Å². The maximum atomic E-state index is 12.5. The van der Waals surface area contributed by atoms with Crippen molar-refractivity contribution in [3.8, 4) is 0 Å². The van der Waals surface area contributed by atoms with E-state index in [2.05, 4.69) is 25.8 Å². The number of hydrogen-bond acceptors (Lipinski definition) is 4. The van der Waals surface area contributed by atoms with E-state index in [0.717, 1.165) is 49.6 Å². The summed E-state index contributed by atoms with van der Waals surface area (Å²) in [5.41, 5.74) is 1.02. The Labute approximate surface area is 167 Å². The summed E-state index contributed by atoms with van der Waals surface area (Å²) in [6, 6.07) is 9.71. The molecule has 0 spiro atoms. The number of anilines is 3. The van der Waals surface area contributed by atoms with Crippen molar-refractivity contribution >= 4 is 23.2 Å². The minimum Gasteiger partial charge on any atom is -0.370 e. The van der Waals surface area contributed by atoms with E-state index in [-0.39, 0.29) is 6.03 Å². The van der Waals surface area contributed by atoms with E-state index in [1.54, 1.807) is 0 Å². The molecule has 0 saturated carbocycles. The Hall–Kier alpha value is -2.97. The molecule has 9 heteroatoms. The highest BCUT2D eigenvalue weighted by atomic mass is 19.4. The van der Waals surface area contributed by atoms with Crippen molar-refractivity contribution in [1.82, 2.24) is 10.3 Å². The van der Waals surface area contributed by atoms with Gasteiger partial charge in [0.05, 0.1) is 16.9 Å². The van der Waals surface area contributed by atoms with Crippen LogP contribution in [0.15, 0.2) is 42.6 Å². The minimum absolute atomic E-state index is 0.288. The number of para-hydroxylation sites is 2. The molecule has 1 saturated heterocycles. The highest BCUT2D eigenvalue weighted by Gasteiger charge is 2.30. The van der Waals surface area contributed by atoms with Crippen LogP contribution in [0.5, 0.6) is 0 Å². The quantitative estimate of drug-likeness (QED) is 0.598. The number of hydrogen-bond donors (Lipinski definition) is 3. The zero-order valence-corrected chi connectivity index (χ0v) is 15.9. The smallest absolute Gasteiger partial charge is 0.370 e. The van der Waals surface area contributed by atoms with Gasteiger partial charge in [0, 0.05) is 32.4 Å². The molecule has 0 bridgehead atoms. The molecule has 156 valence electrons. The maximum Gasteiger partial charge on any atom is 0.417 e. The first-order chi connectivity index (χ1) is 13.9. The lowest BCUT2D eigenvalue weighted by Crippen LogP contribution is -2.31. The fourth-order valence-corrected chi connectivity index (χ4v) is 3.15. The average molecular weight is 407 g/mol. The number of nitrogens with zero attached hydrogens (tertiary/aromatic N) is 2. The predicted molar refractivity (Wildman–Crippen MR) is 107 cm³/mol. The largest absolute Gasteiger partial charge is 0.417 e. The number of halogens is 3. The van der Waals surface area contributed by atoms with Crippen molar-refractivity contribution in [3.63, 3.8) is 0 Å². The molecular formula is C20H24F3N5O. The first kappa shape index (κ1) is 20.8. The predicted octanol–water partition coefficient (Wildman–Crippen LogP) is 4.32. The van der Waals surface area contributed by atoms with Crippen LogP contribution in [-0.4, -0.2) is 37.2 Å². The van der Waals surface area contributed by atoms with E-state index in [1.165, 1.54) is 6.07 Å². The average Bonchev–Trinajstić information content (AvgIpc) is 3.22. The summed E-state index contributed by atoms with van der Waals surface area (Å²) in [5.74, 6) is 0.363. The van der Waals surface area contributed by atoms with Crippen molar-refractivity contribution in [1.29, 1.82) is 0 Å². The Morgan fingerprint density at radius 3 is 2.52 bits per heavy atom. The van der Waals surface area contributed by atoms with Crippen LogP contribution >= 0.6 is 0 Å². The van der Waals surface area contributed by atoms with Crippen LogP contribution in [0.1, 0.15) is 24.8 Å². The SMILES string of the molecule is O=C(NCCCNc1ccc(C(F)(F)F)cn1)Nc1ccccc1N1CCCC1. The third-order valence-corrected chi connectivity index (χ3v) is 4.64. The van der Waals surface area contributed by atoms with Crippen LogP contribution in [-0.2, 0) is 6.18 Å². The zero-order chi connectivity index (χ0) is 20.7. The van der Waals surface area contributed by atoms with Gasteiger partial charge in [-0.3, -0.25) is 0 Å². The fourth-order valence-electron chi connectivity index (χ4n) is 3.15. The molecule has 3 N–H and O–H groups in total. The molecular weight excluding hydrogens is 383 g/mol. The number of alkyl halides is 3. The lowest BCUT2D eigenvalue weighted by atomic mass is 10.2. The minimum atomic E-state index is -4.39. The summed E-state index contributed by atoms with van der Waals surface area (Å²) in [7, 11) is 0. The molecule has 0 atom stereocenters. The number of rotatable bonds is 7. The normalized spacial score (nSPS) is 14.0. The highest BCUT2D eigenvalue weighted by molar-refractivity contribution is 5.93. The van der Waals surface area contributed by atoms with E-state index >= 15 is 0 Å². The second-order valence-electron chi connectivity index (χ2n) is 6.80. The molecule has 0 aliphatic carbocycles. The Morgan fingerprint density at radius 1 is 1.07 bits per heavy atom. The van der Waals surface area contributed by atoms with Crippen LogP contribution in [0, 0.1) is 0 Å². The molecule has 29 heavy (non-hydrogen) atoms. The molecule has 2 amide bonds. The molecule has 1 aromatic carbocycles. The second-order valence-corrected chi connectivity index (χ2v) is 6.80. The van der Waals surface area contributed by atoms with Gasteiger partial charge in [-0.05, 0) is 43.5 Å². The van der Waals surface area contributed by atoms with E-state index in [9.17, 15) is 18.0 Å². The molecule has 3 rings (SSSR count). The van der Waals surface area contributed by atoms with Crippen LogP contribution in [0.3, 0.4) is 0 Å². The number of amides is 2. The van der Waals surface area contributed by atoms with Gasteiger partial charge in [0.2, 0.25) is 0 Å². The Balaban J connectivity index is 1.39. The monoisotopic (exact) mass is 407 g/mol. The molecule has 1 aliphatic rings. The van der Waals surface area contributed by atoms with Crippen molar-refractivity contribution in [2.75, 3.05) is 41.7 Å². The zero-order valence-electron chi connectivity index (χ0n) is 15.9. The molecule has 2 aromatic rings. The second kappa shape index (κ2) is 9.49. The first-order valence-electron chi connectivity index (χ1n) is 9.59. The number of nitrogens with one attached hydrogen (secondary N) is 3.